The molecule has 0 spiro atoms. The van der Waals surface area contributed by atoms with E-state index in [-0.39, 0.29) is 5.41 Å². The molecule has 12 rings (SSSR count). The van der Waals surface area contributed by atoms with Crippen molar-refractivity contribution in [2.75, 3.05) is 4.90 Å². The van der Waals surface area contributed by atoms with Crippen molar-refractivity contribution in [2.24, 2.45) is 0 Å². The molecule has 0 saturated heterocycles. The van der Waals surface area contributed by atoms with E-state index in [4.69, 9.17) is 4.42 Å². The molecule has 0 amide bonds. The molecule has 1 aromatic heterocycles. The number of para-hydroxylation sites is 2. The van der Waals surface area contributed by atoms with Gasteiger partial charge < -0.3 is 9.32 Å². The standard InChI is InChI=1S/C60H41NO/c1-60(43-22-6-3-7-23-43)51-30-11-8-25-49(51)58-46(28-16-31-52(58)60)41-36-38-44(39-37-41)61(54-33-17-35-56-59(54)50-26-10-13-34-55(50)62-56)53-32-12-9-24-47(53)48-29-15-21-42-20-14-27-45(57(42)48)40-18-4-2-5-19-40/h2-39H,1H3. The maximum absolute atomic E-state index is 6.52. The second-order valence-electron chi connectivity index (χ2n) is 16.5. The van der Waals surface area contributed by atoms with Gasteiger partial charge in [0.25, 0.3) is 0 Å². The van der Waals surface area contributed by atoms with Gasteiger partial charge in [-0.3, -0.25) is 0 Å². The molecule has 1 unspecified atom stereocenters. The summed E-state index contributed by atoms with van der Waals surface area (Å²) in [5.74, 6) is 0. The molecule has 0 aliphatic heterocycles. The fourth-order valence-corrected chi connectivity index (χ4v) is 10.3. The van der Waals surface area contributed by atoms with Crippen molar-refractivity contribution in [1.82, 2.24) is 0 Å². The van der Waals surface area contributed by atoms with Crippen LogP contribution in [0.4, 0.5) is 17.1 Å². The molecule has 1 aliphatic rings. The smallest absolute Gasteiger partial charge is 0.137 e. The minimum atomic E-state index is -0.266. The van der Waals surface area contributed by atoms with Gasteiger partial charge in [-0.15, -0.1) is 0 Å². The predicted molar refractivity (Wildman–Crippen MR) is 260 cm³/mol. The molecular weight excluding hydrogens is 751 g/mol. The van der Waals surface area contributed by atoms with E-state index in [0.717, 1.165) is 44.6 Å². The predicted octanol–water partition coefficient (Wildman–Crippen LogP) is 16.5. The first-order valence-corrected chi connectivity index (χ1v) is 21.4. The maximum atomic E-state index is 6.52. The number of furan rings is 1. The highest BCUT2D eigenvalue weighted by molar-refractivity contribution is 6.15. The Kier molecular flexibility index (Phi) is 8.33. The van der Waals surface area contributed by atoms with E-state index in [1.165, 1.54) is 66.4 Å². The van der Waals surface area contributed by atoms with Crippen molar-refractivity contribution < 1.29 is 4.42 Å². The minimum absolute atomic E-state index is 0.266. The van der Waals surface area contributed by atoms with Crippen LogP contribution in [0.5, 0.6) is 0 Å². The summed E-state index contributed by atoms with van der Waals surface area (Å²) in [6, 6.07) is 83.7. The zero-order chi connectivity index (χ0) is 41.2. The van der Waals surface area contributed by atoms with Gasteiger partial charge in [0.05, 0.1) is 16.8 Å². The number of hydrogen-bond donors (Lipinski definition) is 0. The Morgan fingerprint density at radius 2 is 0.935 bits per heavy atom. The van der Waals surface area contributed by atoms with Crippen LogP contribution >= 0.6 is 0 Å². The van der Waals surface area contributed by atoms with E-state index in [1.807, 2.05) is 6.07 Å². The van der Waals surface area contributed by atoms with E-state index in [1.54, 1.807) is 0 Å². The third-order valence-electron chi connectivity index (χ3n) is 13.2. The van der Waals surface area contributed by atoms with Crippen molar-refractivity contribution in [3.8, 4) is 44.5 Å². The summed E-state index contributed by atoms with van der Waals surface area (Å²) in [4.78, 5) is 2.44. The van der Waals surface area contributed by atoms with Gasteiger partial charge in [0.15, 0.2) is 0 Å². The van der Waals surface area contributed by atoms with Crippen LogP contribution < -0.4 is 4.90 Å². The Morgan fingerprint density at radius 3 is 1.76 bits per heavy atom. The minimum Gasteiger partial charge on any atom is -0.456 e. The molecule has 1 atom stereocenters. The molecule has 1 heterocycles. The highest BCUT2D eigenvalue weighted by Crippen LogP contribution is 2.55. The summed E-state index contributed by atoms with van der Waals surface area (Å²) >= 11 is 0. The number of rotatable bonds is 7. The van der Waals surface area contributed by atoms with Crippen LogP contribution in [-0.4, -0.2) is 0 Å². The summed E-state index contributed by atoms with van der Waals surface area (Å²) < 4.78 is 6.52. The summed E-state index contributed by atoms with van der Waals surface area (Å²) in [7, 11) is 0. The van der Waals surface area contributed by atoms with Gasteiger partial charge in [0.1, 0.15) is 11.2 Å². The number of benzene rings is 10. The molecule has 11 aromatic rings. The van der Waals surface area contributed by atoms with Gasteiger partial charge >= 0.3 is 0 Å². The molecule has 0 fully saturated rings. The average molecular weight is 792 g/mol. The number of hydrogen-bond acceptors (Lipinski definition) is 2. The van der Waals surface area contributed by atoms with Crippen molar-refractivity contribution in [1.29, 1.82) is 0 Å². The first kappa shape index (κ1) is 36.0. The number of fused-ring (bicyclic) bond motifs is 7. The molecule has 292 valence electrons. The van der Waals surface area contributed by atoms with Crippen molar-refractivity contribution >= 4 is 49.8 Å². The van der Waals surface area contributed by atoms with E-state index in [0.29, 0.717) is 0 Å². The second kappa shape index (κ2) is 14.4. The fraction of sp³-hybridized carbons (Fsp3) is 0.0333. The average Bonchev–Trinajstić information content (AvgIpc) is 3.86. The van der Waals surface area contributed by atoms with E-state index in [9.17, 15) is 0 Å². The second-order valence-corrected chi connectivity index (χ2v) is 16.5. The van der Waals surface area contributed by atoms with Gasteiger partial charge in [0, 0.05) is 22.1 Å². The molecule has 10 aromatic carbocycles. The number of nitrogens with zero attached hydrogens (tertiary/aromatic N) is 1. The van der Waals surface area contributed by atoms with E-state index in [2.05, 4.69) is 236 Å². The van der Waals surface area contributed by atoms with Gasteiger partial charge in [-0.25, -0.2) is 0 Å². The Hall–Kier alpha value is -7.94. The normalized spacial score (nSPS) is 14.3. The molecule has 0 N–H and O–H groups in total. The van der Waals surface area contributed by atoms with Gasteiger partial charge in [-0.05, 0) is 110 Å². The summed E-state index contributed by atoms with van der Waals surface area (Å²) in [6.45, 7) is 2.38. The maximum Gasteiger partial charge on any atom is 0.137 e. The monoisotopic (exact) mass is 791 g/mol. The molecule has 1 aliphatic carbocycles. The zero-order valence-electron chi connectivity index (χ0n) is 34.3. The highest BCUT2D eigenvalue weighted by atomic mass is 16.3. The molecular formula is C60H41NO. The zero-order valence-corrected chi connectivity index (χ0v) is 34.3. The van der Waals surface area contributed by atoms with Crippen molar-refractivity contribution in [3.63, 3.8) is 0 Å². The summed E-state index contributed by atoms with van der Waals surface area (Å²) in [5.41, 5.74) is 18.4. The third kappa shape index (κ3) is 5.50. The Balaban J connectivity index is 1.07. The van der Waals surface area contributed by atoms with Crippen LogP contribution in [0.1, 0.15) is 23.6 Å². The third-order valence-corrected chi connectivity index (χ3v) is 13.2. The molecule has 0 radical (unpaired) electrons. The first-order valence-electron chi connectivity index (χ1n) is 21.4. The lowest BCUT2D eigenvalue weighted by molar-refractivity contribution is 0.669. The number of anilines is 3. The fourth-order valence-electron chi connectivity index (χ4n) is 10.3. The van der Waals surface area contributed by atoms with Crippen LogP contribution in [0.15, 0.2) is 235 Å². The molecule has 0 saturated carbocycles. The SMILES string of the molecule is CC1(c2ccccc2)c2ccccc2-c2c(-c3ccc(N(c4ccccc4-c4cccc5cccc(-c6ccccc6)c45)c4cccc5oc6ccccc6c45)cc3)cccc21. The molecule has 2 heteroatoms. The molecule has 2 nitrogen and oxygen atoms in total. The van der Waals surface area contributed by atoms with E-state index >= 15 is 0 Å². The highest BCUT2D eigenvalue weighted by Gasteiger charge is 2.41. The Morgan fingerprint density at radius 1 is 0.371 bits per heavy atom. The summed E-state index contributed by atoms with van der Waals surface area (Å²) in [5, 5.41) is 4.62. The lowest BCUT2D eigenvalue weighted by atomic mass is 9.74. The lowest BCUT2D eigenvalue weighted by Gasteiger charge is -2.29. The topological polar surface area (TPSA) is 16.4 Å². The van der Waals surface area contributed by atoms with Crippen LogP contribution in [0, 0.1) is 0 Å². The largest absolute Gasteiger partial charge is 0.456 e. The van der Waals surface area contributed by atoms with Crippen LogP contribution in [0.3, 0.4) is 0 Å². The van der Waals surface area contributed by atoms with Crippen molar-refractivity contribution in [2.45, 2.75) is 12.3 Å². The summed E-state index contributed by atoms with van der Waals surface area (Å²) in [6.07, 6.45) is 0. The van der Waals surface area contributed by atoms with Gasteiger partial charge in [0.2, 0.25) is 0 Å². The van der Waals surface area contributed by atoms with Crippen molar-refractivity contribution in [3.05, 3.63) is 247 Å². The molecule has 62 heavy (non-hydrogen) atoms. The van der Waals surface area contributed by atoms with Gasteiger partial charge in [-0.2, -0.15) is 0 Å². The van der Waals surface area contributed by atoms with Crippen LogP contribution in [-0.2, 0) is 5.41 Å². The molecule has 0 bridgehead atoms. The Labute approximate surface area is 361 Å². The quantitative estimate of drug-likeness (QED) is 0.160. The lowest BCUT2D eigenvalue weighted by Crippen LogP contribution is -2.22. The first-order chi connectivity index (χ1) is 30.7. The van der Waals surface area contributed by atoms with Crippen LogP contribution in [0.25, 0.3) is 77.2 Å². The van der Waals surface area contributed by atoms with Crippen LogP contribution in [0.2, 0.25) is 0 Å². The van der Waals surface area contributed by atoms with E-state index < -0.39 is 0 Å². The van der Waals surface area contributed by atoms with Gasteiger partial charge in [-0.1, -0.05) is 194 Å². The Bertz CT molecular complexity index is 3470.